The van der Waals surface area contributed by atoms with Crippen LogP contribution in [0.5, 0.6) is 0 Å². The zero-order chi connectivity index (χ0) is 13.1. The summed E-state index contributed by atoms with van der Waals surface area (Å²) in [4.78, 5) is 21.2. The van der Waals surface area contributed by atoms with Crippen LogP contribution in [0.15, 0.2) is 12.4 Å². The van der Waals surface area contributed by atoms with Gasteiger partial charge in [-0.05, 0) is 12.0 Å². The van der Waals surface area contributed by atoms with Gasteiger partial charge in [-0.15, -0.1) is 0 Å². The standard InChI is InChI=1S/C11H19N5O/c1-11(2,6-12)7-16(3)10-8(9(13)17)14-4-5-15-10/h4-5H,6-7,12H2,1-3H3,(H2,13,17). The molecule has 0 saturated carbocycles. The molecule has 0 atom stereocenters. The van der Waals surface area contributed by atoms with E-state index in [0.29, 0.717) is 18.9 Å². The van der Waals surface area contributed by atoms with Crippen LogP contribution in [0.3, 0.4) is 0 Å². The first-order valence-electron chi connectivity index (χ1n) is 5.39. The van der Waals surface area contributed by atoms with Crippen molar-refractivity contribution < 1.29 is 4.79 Å². The summed E-state index contributed by atoms with van der Waals surface area (Å²) in [5.41, 5.74) is 11.0. The molecule has 0 bridgehead atoms. The first kappa shape index (κ1) is 13.4. The fourth-order valence-electron chi connectivity index (χ4n) is 1.57. The molecule has 0 saturated heterocycles. The summed E-state index contributed by atoms with van der Waals surface area (Å²) in [6, 6.07) is 0. The van der Waals surface area contributed by atoms with Gasteiger partial charge in [-0.2, -0.15) is 0 Å². The van der Waals surface area contributed by atoms with Gasteiger partial charge < -0.3 is 16.4 Å². The predicted octanol–water partition coefficient (Wildman–Crippen LogP) is -0.00340. The molecule has 0 unspecified atom stereocenters. The molecule has 1 heterocycles. The lowest BCUT2D eigenvalue weighted by atomic mass is 9.93. The summed E-state index contributed by atoms with van der Waals surface area (Å²) >= 11 is 0. The number of nitrogens with two attached hydrogens (primary N) is 2. The predicted molar refractivity (Wildman–Crippen MR) is 66.7 cm³/mol. The van der Waals surface area contributed by atoms with E-state index in [4.69, 9.17) is 11.5 Å². The molecule has 0 spiro atoms. The fraction of sp³-hybridized carbons (Fsp3) is 0.545. The summed E-state index contributed by atoms with van der Waals surface area (Å²) in [7, 11) is 1.84. The lowest BCUT2D eigenvalue weighted by Crippen LogP contribution is -2.38. The number of hydrogen-bond acceptors (Lipinski definition) is 5. The number of nitrogens with zero attached hydrogens (tertiary/aromatic N) is 3. The fourth-order valence-corrected chi connectivity index (χ4v) is 1.57. The number of amides is 1. The van der Waals surface area contributed by atoms with Crippen molar-refractivity contribution in [2.24, 2.45) is 16.9 Å². The van der Waals surface area contributed by atoms with Crippen molar-refractivity contribution in [3.05, 3.63) is 18.1 Å². The Morgan fingerprint density at radius 2 is 2.00 bits per heavy atom. The van der Waals surface area contributed by atoms with E-state index in [1.807, 2.05) is 25.8 Å². The Bertz CT molecular complexity index is 405. The smallest absolute Gasteiger partial charge is 0.271 e. The zero-order valence-corrected chi connectivity index (χ0v) is 10.5. The number of hydrogen-bond donors (Lipinski definition) is 2. The van der Waals surface area contributed by atoms with E-state index in [9.17, 15) is 4.79 Å². The average Bonchev–Trinajstić information content (AvgIpc) is 2.28. The molecular formula is C11H19N5O. The van der Waals surface area contributed by atoms with Crippen molar-refractivity contribution >= 4 is 11.7 Å². The molecule has 1 rings (SSSR count). The van der Waals surface area contributed by atoms with Gasteiger partial charge in [-0.25, -0.2) is 9.97 Å². The van der Waals surface area contributed by atoms with Gasteiger partial charge >= 0.3 is 0 Å². The minimum absolute atomic E-state index is 0.0683. The van der Waals surface area contributed by atoms with Crippen molar-refractivity contribution in [1.29, 1.82) is 0 Å². The molecule has 0 aliphatic heterocycles. The zero-order valence-electron chi connectivity index (χ0n) is 10.5. The van der Waals surface area contributed by atoms with Gasteiger partial charge in [0.15, 0.2) is 11.5 Å². The minimum Gasteiger partial charge on any atom is -0.364 e. The van der Waals surface area contributed by atoms with Gasteiger partial charge in [0.1, 0.15) is 0 Å². The molecule has 17 heavy (non-hydrogen) atoms. The van der Waals surface area contributed by atoms with Crippen molar-refractivity contribution in [2.45, 2.75) is 13.8 Å². The molecule has 0 radical (unpaired) electrons. The van der Waals surface area contributed by atoms with Crippen LogP contribution in [0.1, 0.15) is 24.3 Å². The van der Waals surface area contributed by atoms with E-state index >= 15 is 0 Å². The molecule has 6 heteroatoms. The van der Waals surface area contributed by atoms with Crippen LogP contribution in [-0.4, -0.2) is 36.0 Å². The molecular weight excluding hydrogens is 218 g/mol. The van der Waals surface area contributed by atoms with E-state index < -0.39 is 5.91 Å². The normalized spacial score (nSPS) is 11.3. The molecule has 4 N–H and O–H groups in total. The minimum atomic E-state index is -0.578. The topological polar surface area (TPSA) is 98.1 Å². The highest BCUT2D eigenvalue weighted by atomic mass is 16.1. The van der Waals surface area contributed by atoms with Crippen molar-refractivity contribution in [1.82, 2.24) is 9.97 Å². The van der Waals surface area contributed by atoms with E-state index in [0.717, 1.165) is 0 Å². The van der Waals surface area contributed by atoms with Crippen LogP contribution in [0, 0.1) is 5.41 Å². The van der Waals surface area contributed by atoms with Crippen LogP contribution in [0.2, 0.25) is 0 Å². The SMILES string of the molecule is CN(CC(C)(C)CN)c1nccnc1C(N)=O. The van der Waals surface area contributed by atoms with Gasteiger partial charge in [0, 0.05) is 26.0 Å². The summed E-state index contributed by atoms with van der Waals surface area (Å²) in [6.45, 7) is 5.31. The van der Waals surface area contributed by atoms with Crippen LogP contribution in [0.4, 0.5) is 5.82 Å². The second-order valence-corrected chi connectivity index (χ2v) is 4.82. The first-order valence-corrected chi connectivity index (χ1v) is 5.39. The molecule has 6 nitrogen and oxygen atoms in total. The highest BCUT2D eigenvalue weighted by molar-refractivity contribution is 5.95. The molecule has 0 aliphatic carbocycles. The third-order valence-corrected chi connectivity index (χ3v) is 2.49. The van der Waals surface area contributed by atoms with Crippen molar-refractivity contribution in [2.75, 3.05) is 25.0 Å². The quantitative estimate of drug-likeness (QED) is 0.751. The number of carbonyl (C=O) groups is 1. The monoisotopic (exact) mass is 237 g/mol. The molecule has 1 amide bonds. The number of carbonyl (C=O) groups excluding carboxylic acids is 1. The molecule has 0 aliphatic rings. The first-order chi connectivity index (χ1) is 7.87. The maximum atomic E-state index is 11.2. The second-order valence-electron chi connectivity index (χ2n) is 4.82. The van der Waals surface area contributed by atoms with E-state index in [-0.39, 0.29) is 11.1 Å². The van der Waals surface area contributed by atoms with E-state index in [1.54, 1.807) is 0 Å². The van der Waals surface area contributed by atoms with Gasteiger partial charge in [-0.3, -0.25) is 4.79 Å². The average molecular weight is 237 g/mol. The molecule has 94 valence electrons. The Morgan fingerprint density at radius 1 is 1.41 bits per heavy atom. The van der Waals surface area contributed by atoms with Gasteiger partial charge in [-0.1, -0.05) is 13.8 Å². The van der Waals surface area contributed by atoms with Crippen LogP contribution >= 0.6 is 0 Å². The molecule has 0 fully saturated rings. The number of primary amides is 1. The van der Waals surface area contributed by atoms with Crippen molar-refractivity contribution in [3.8, 4) is 0 Å². The summed E-state index contributed by atoms with van der Waals surface area (Å²) in [5, 5.41) is 0. The lowest BCUT2D eigenvalue weighted by Gasteiger charge is -2.30. The summed E-state index contributed by atoms with van der Waals surface area (Å²) < 4.78 is 0. The third-order valence-electron chi connectivity index (χ3n) is 2.49. The number of anilines is 1. The van der Waals surface area contributed by atoms with E-state index in [1.165, 1.54) is 12.4 Å². The van der Waals surface area contributed by atoms with Crippen LogP contribution in [0.25, 0.3) is 0 Å². The maximum absolute atomic E-state index is 11.2. The van der Waals surface area contributed by atoms with Gasteiger partial charge in [0.25, 0.3) is 5.91 Å². The maximum Gasteiger partial charge on any atom is 0.271 e. The Labute approximate surface area is 101 Å². The van der Waals surface area contributed by atoms with Gasteiger partial charge in [0.2, 0.25) is 0 Å². The third kappa shape index (κ3) is 3.39. The summed E-state index contributed by atoms with van der Waals surface area (Å²) in [5.74, 6) is -0.0907. The second kappa shape index (κ2) is 5.09. The Kier molecular flexibility index (Phi) is 4.01. The van der Waals surface area contributed by atoms with Crippen molar-refractivity contribution in [3.63, 3.8) is 0 Å². The largest absolute Gasteiger partial charge is 0.364 e. The number of aromatic nitrogens is 2. The van der Waals surface area contributed by atoms with Crippen LogP contribution in [-0.2, 0) is 0 Å². The lowest BCUT2D eigenvalue weighted by molar-refractivity contribution is 0.0995. The van der Waals surface area contributed by atoms with Crippen LogP contribution < -0.4 is 16.4 Å². The van der Waals surface area contributed by atoms with E-state index in [2.05, 4.69) is 9.97 Å². The Balaban J connectivity index is 2.96. The number of rotatable bonds is 5. The molecule has 1 aromatic heterocycles. The highest BCUT2D eigenvalue weighted by Crippen LogP contribution is 2.19. The Morgan fingerprint density at radius 3 is 2.53 bits per heavy atom. The molecule has 0 aromatic carbocycles. The van der Waals surface area contributed by atoms with Gasteiger partial charge in [0.05, 0.1) is 0 Å². The Hall–Kier alpha value is -1.69. The highest BCUT2D eigenvalue weighted by Gasteiger charge is 2.22. The summed E-state index contributed by atoms with van der Waals surface area (Å²) in [6.07, 6.45) is 2.99. The molecule has 1 aromatic rings.